The maximum atomic E-state index is 13.9. The first-order valence-corrected chi connectivity index (χ1v) is 9.13. The van der Waals surface area contributed by atoms with Gasteiger partial charge in [-0.1, -0.05) is 24.3 Å². The normalized spacial score (nSPS) is 14.4. The van der Waals surface area contributed by atoms with Crippen LogP contribution in [0.1, 0.15) is 17.5 Å². The molecule has 0 saturated carbocycles. The maximum absolute atomic E-state index is 13.9. The fourth-order valence-corrected chi connectivity index (χ4v) is 3.29. The molecule has 1 saturated heterocycles. The van der Waals surface area contributed by atoms with Crippen molar-refractivity contribution < 1.29 is 9.18 Å². The molecule has 1 aliphatic heterocycles. The Hall–Kier alpha value is -2.56. The van der Waals surface area contributed by atoms with Gasteiger partial charge in [-0.2, -0.15) is 0 Å². The molecule has 1 aliphatic rings. The fraction of sp³-hybridized carbons (Fsp3) is 0.381. The first kappa shape index (κ1) is 18.2. The van der Waals surface area contributed by atoms with E-state index in [0.717, 1.165) is 5.69 Å². The Kier molecular flexibility index (Phi) is 5.76. The van der Waals surface area contributed by atoms with Gasteiger partial charge in [0.05, 0.1) is 5.69 Å². The number of benzene rings is 2. The topological polar surface area (TPSA) is 35.6 Å². The van der Waals surface area contributed by atoms with Crippen molar-refractivity contribution in [3.8, 4) is 0 Å². The van der Waals surface area contributed by atoms with Gasteiger partial charge in [0.2, 0.25) is 5.91 Å². The molecule has 1 N–H and O–H groups in total. The molecule has 0 atom stereocenters. The molecule has 26 heavy (non-hydrogen) atoms. The zero-order valence-electron chi connectivity index (χ0n) is 15.5. The van der Waals surface area contributed by atoms with E-state index < -0.39 is 0 Å². The molecule has 138 valence electrons. The lowest BCUT2D eigenvalue weighted by molar-refractivity contribution is -0.131. The molecule has 1 amide bonds. The van der Waals surface area contributed by atoms with Crippen molar-refractivity contribution in [1.82, 2.24) is 4.90 Å². The van der Waals surface area contributed by atoms with Crippen molar-refractivity contribution in [2.45, 2.75) is 20.3 Å². The molecule has 5 heteroatoms. The summed E-state index contributed by atoms with van der Waals surface area (Å²) in [6, 6.07) is 13.1. The minimum absolute atomic E-state index is 0.149. The summed E-state index contributed by atoms with van der Waals surface area (Å²) in [7, 11) is 0. The quantitative estimate of drug-likeness (QED) is 0.890. The number of carbonyl (C=O) groups excluding carboxylic acids is 1. The van der Waals surface area contributed by atoms with E-state index in [0.29, 0.717) is 44.8 Å². The minimum atomic E-state index is -0.204. The third-order valence-corrected chi connectivity index (χ3v) is 4.87. The molecular weight excluding hydrogens is 329 g/mol. The highest BCUT2D eigenvalue weighted by atomic mass is 19.1. The summed E-state index contributed by atoms with van der Waals surface area (Å²) in [5.74, 6) is -0.0546. The van der Waals surface area contributed by atoms with Gasteiger partial charge in [-0.3, -0.25) is 4.79 Å². The zero-order chi connectivity index (χ0) is 18.5. The third kappa shape index (κ3) is 4.34. The Morgan fingerprint density at radius 3 is 2.54 bits per heavy atom. The Bertz CT molecular complexity index is 770. The number of piperazine rings is 1. The van der Waals surface area contributed by atoms with Crippen molar-refractivity contribution >= 4 is 17.3 Å². The summed E-state index contributed by atoms with van der Waals surface area (Å²) in [5.41, 5.74) is 4.09. The molecule has 4 nitrogen and oxygen atoms in total. The molecular formula is C21H26FN3O. The standard InChI is InChI=1S/C21H26FN3O/c1-16-7-8-17(2)19(15-16)23-10-9-21(26)25-13-11-24(12-14-25)20-6-4-3-5-18(20)22/h3-8,15,23H,9-14H2,1-2H3. The average Bonchev–Trinajstić information content (AvgIpc) is 2.65. The van der Waals surface area contributed by atoms with E-state index >= 15 is 0 Å². The maximum Gasteiger partial charge on any atom is 0.224 e. The molecule has 0 radical (unpaired) electrons. The van der Waals surface area contributed by atoms with E-state index in [2.05, 4.69) is 37.4 Å². The van der Waals surface area contributed by atoms with E-state index in [1.165, 1.54) is 17.2 Å². The molecule has 1 fully saturated rings. The Morgan fingerprint density at radius 2 is 1.81 bits per heavy atom. The predicted molar refractivity (Wildman–Crippen MR) is 104 cm³/mol. The molecule has 1 heterocycles. The molecule has 2 aromatic carbocycles. The van der Waals surface area contributed by atoms with E-state index in [4.69, 9.17) is 0 Å². The van der Waals surface area contributed by atoms with Crippen LogP contribution in [0, 0.1) is 19.7 Å². The number of aryl methyl sites for hydroxylation is 2. The SMILES string of the molecule is Cc1ccc(C)c(NCCC(=O)N2CCN(c3ccccc3F)CC2)c1. The van der Waals surface area contributed by atoms with Crippen LogP contribution >= 0.6 is 0 Å². The molecule has 2 aromatic rings. The number of para-hydroxylation sites is 1. The van der Waals surface area contributed by atoms with Crippen LogP contribution in [0.5, 0.6) is 0 Å². The molecule has 0 unspecified atom stereocenters. The summed E-state index contributed by atoms with van der Waals surface area (Å²) in [4.78, 5) is 16.3. The van der Waals surface area contributed by atoms with Gasteiger partial charge in [0.15, 0.2) is 0 Å². The number of carbonyl (C=O) groups is 1. The first-order valence-electron chi connectivity index (χ1n) is 9.13. The monoisotopic (exact) mass is 355 g/mol. The molecule has 0 bridgehead atoms. The van der Waals surface area contributed by atoms with Crippen LogP contribution in [0.3, 0.4) is 0 Å². The number of hydrogen-bond acceptors (Lipinski definition) is 3. The predicted octanol–water partition coefficient (Wildman–Crippen LogP) is 3.59. The fourth-order valence-electron chi connectivity index (χ4n) is 3.29. The smallest absolute Gasteiger partial charge is 0.224 e. The van der Waals surface area contributed by atoms with E-state index in [-0.39, 0.29) is 11.7 Å². The largest absolute Gasteiger partial charge is 0.384 e. The van der Waals surface area contributed by atoms with Gasteiger partial charge < -0.3 is 15.1 Å². The highest BCUT2D eigenvalue weighted by Crippen LogP contribution is 2.20. The van der Waals surface area contributed by atoms with Crippen molar-refractivity contribution in [2.24, 2.45) is 0 Å². The Balaban J connectivity index is 1.47. The van der Waals surface area contributed by atoms with Gasteiger partial charge in [0.25, 0.3) is 0 Å². The minimum Gasteiger partial charge on any atom is -0.384 e. The average molecular weight is 355 g/mol. The van der Waals surface area contributed by atoms with Gasteiger partial charge in [-0.25, -0.2) is 4.39 Å². The number of nitrogens with zero attached hydrogens (tertiary/aromatic N) is 2. The Labute approximate surface area is 154 Å². The van der Waals surface area contributed by atoms with Crippen LogP contribution in [-0.4, -0.2) is 43.5 Å². The van der Waals surface area contributed by atoms with E-state index in [1.54, 1.807) is 12.1 Å². The van der Waals surface area contributed by atoms with E-state index in [1.807, 2.05) is 15.9 Å². The summed E-state index contributed by atoms with van der Waals surface area (Å²) in [6.07, 6.45) is 0.465. The van der Waals surface area contributed by atoms with Crippen LogP contribution in [-0.2, 0) is 4.79 Å². The molecule has 0 spiro atoms. The number of rotatable bonds is 5. The van der Waals surface area contributed by atoms with Crippen molar-refractivity contribution in [3.63, 3.8) is 0 Å². The van der Waals surface area contributed by atoms with Gasteiger partial charge in [0.1, 0.15) is 5.82 Å². The van der Waals surface area contributed by atoms with Crippen molar-refractivity contribution in [3.05, 3.63) is 59.4 Å². The lowest BCUT2D eigenvalue weighted by atomic mass is 10.1. The number of anilines is 2. The van der Waals surface area contributed by atoms with E-state index in [9.17, 15) is 9.18 Å². The van der Waals surface area contributed by atoms with Crippen LogP contribution in [0.2, 0.25) is 0 Å². The second-order valence-corrected chi connectivity index (χ2v) is 6.81. The molecule has 0 aromatic heterocycles. The highest BCUT2D eigenvalue weighted by molar-refractivity contribution is 5.77. The lowest BCUT2D eigenvalue weighted by Crippen LogP contribution is -2.49. The second-order valence-electron chi connectivity index (χ2n) is 6.81. The number of nitrogens with one attached hydrogen (secondary N) is 1. The number of hydrogen-bond donors (Lipinski definition) is 1. The van der Waals surface area contributed by atoms with Gasteiger partial charge >= 0.3 is 0 Å². The summed E-state index contributed by atoms with van der Waals surface area (Å²) in [6.45, 7) is 7.34. The summed E-state index contributed by atoms with van der Waals surface area (Å²) < 4.78 is 13.9. The Morgan fingerprint density at radius 1 is 1.08 bits per heavy atom. The number of amides is 1. The zero-order valence-corrected chi connectivity index (χ0v) is 15.5. The second kappa shape index (κ2) is 8.21. The van der Waals surface area contributed by atoms with Crippen molar-refractivity contribution in [1.29, 1.82) is 0 Å². The summed E-state index contributed by atoms with van der Waals surface area (Å²) in [5, 5.41) is 3.36. The van der Waals surface area contributed by atoms with Crippen molar-refractivity contribution in [2.75, 3.05) is 42.9 Å². The molecule has 3 rings (SSSR count). The number of halogens is 1. The first-order chi connectivity index (χ1) is 12.5. The molecule has 0 aliphatic carbocycles. The van der Waals surface area contributed by atoms with Crippen LogP contribution in [0.4, 0.5) is 15.8 Å². The van der Waals surface area contributed by atoms with Gasteiger partial charge in [-0.15, -0.1) is 0 Å². The third-order valence-electron chi connectivity index (χ3n) is 4.87. The van der Waals surface area contributed by atoms with Gasteiger partial charge in [0, 0.05) is 44.8 Å². The summed E-state index contributed by atoms with van der Waals surface area (Å²) >= 11 is 0. The lowest BCUT2D eigenvalue weighted by Gasteiger charge is -2.36. The highest BCUT2D eigenvalue weighted by Gasteiger charge is 2.22. The van der Waals surface area contributed by atoms with Crippen LogP contribution < -0.4 is 10.2 Å². The van der Waals surface area contributed by atoms with Gasteiger partial charge in [-0.05, 0) is 43.2 Å². The van der Waals surface area contributed by atoms with Crippen LogP contribution in [0.25, 0.3) is 0 Å². The van der Waals surface area contributed by atoms with Crippen LogP contribution in [0.15, 0.2) is 42.5 Å².